The van der Waals surface area contributed by atoms with Crippen molar-refractivity contribution in [2.45, 2.75) is 45.1 Å². The Balaban J connectivity index is 2.14. The van der Waals surface area contributed by atoms with Crippen molar-refractivity contribution in [1.29, 1.82) is 0 Å². The molecule has 0 radical (unpaired) electrons. The third-order valence-corrected chi connectivity index (χ3v) is 3.47. The van der Waals surface area contributed by atoms with E-state index in [-0.39, 0.29) is 11.5 Å². The highest BCUT2D eigenvalue weighted by Crippen LogP contribution is 2.24. The molecule has 2 heterocycles. The molecule has 3 N–H and O–H groups in total. The summed E-state index contributed by atoms with van der Waals surface area (Å²) < 4.78 is 6.01. The van der Waals surface area contributed by atoms with E-state index in [2.05, 4.69) is 48.1 Å². The normalized spacial score (nSPS) is 18.1. The first-order chi connectivity index (χ1) is 9.38. The summed E-state index contributed by atoms with van der Waals surface area (Å²) in [5.74, 6) is 7.41. The van der Waals surface area contributed by atoms with Crippen molar-refractivity contribution in [1.82, 2.24) is 14.9 Å². The van der Waals surface area contributed by atoms with Crippen LogP contribution < -0.4 is 16.0 Å². The van der Waals surface area contributed by atoms with Gasteiger partial charge in [-0.3, -0.25) is 0 Å². The molecule has 0 saturated carbocycles. The molecule has 0 spiro atoms. The van der Waals surface area contributed by atoms with Gasteiger partial charge in [0.05, 0.1) is 0 Å². The Kier molecular flexibility index (Phi) is 4.45. The minimum absolute atomic E-state index is 0.141. The number of aromatic nitrogens is 2. The van der Waals surface area contributed by atoms with Gasteiger partial charge in [0.2, 0.25) is 5.88 Å². The SMILES string of the molecule is CN1CCC(Oc2cc(NN)nc(C(C)(C)C)n2)CC1. The van der Waals surface area contributed by atoms with Gasteiger partial charge in [-0.2, -0.15) is 4.98 Å². The number of nitrogen functional groups attached to an aromatic ring is 1. The zero-order chi connectivity index (χ0) is 14.8. The highest BCUT2D eigenvalue weighted by atomic mass is 16.5. The number of ether oxygens (including phenoxy) is 1. The Bertz CT molecular complexity index is 449. The van der Waals surface area contributed by atoms with Crippen LogP contribution in [0.5, 0.6) is 5.88 Å². The highest BCUT2D eigenvalue weighted by Gasteiger charge is 2.22. The van der Waals surface area contributed by atoms with Crippen molar-refractivity contribution in [3.8, 4) is 5.88 Å². The molecule has 0 aliphatic carbocycles. The molecular formula is C14H25N5O. The van der Waals surface area contributed by atoms with E-state index in [0.29, 0.717) is 11.7 Å². The standard InChI is InChI=1S/C14H25N5O/c1-14(2,3)13-16-11(18-15)9-12(17-13)20-10-5-7-19(4)8-6-10/h9-10H,5-8,15H2,1-4H3,(H,16,17,18). The molecule has 0 amide bonds. The lowest BCUT2D eigenvalue weighted by Crippen LogP contribution is -2.36. The molecule has 6 nitrogen and oxygen atoms in total. The lowest BCUT2D eigenvalue weighted by molar-refractivity contribution is 0.109. The van der Waals surface area contributed by atoms with Gasteiger partial charge in [0.25, 0.3) is 0 Å². The van der Waals surface area contributed by atoms with Gasteiger partial charge in [-0.1, -0.05) is 20.8 Å². The monoisotopic (exact) mass is 279 g/mol. The van der Waals surface area contributed by atoms with Crippen LogP contribution in [0.1, 0.15) is 39.4 Å². The van der Waals surface area contributed by atoms with Crippen LogP contribution in [0.4, 0.5) is 5.82 Å². The van der Waals surface area contributed by atoms with E-state index in [0.717, 1.165) is 31.8 Å². The van der Waals surface area contributed by atoms with Crippen molar-refractivity contribution in [2.24, 2.45) is 5.84 Å². The molecule has 112 valence electrons. The van der Waals surface area contributed by atoms with Gasteiger partial charge in [0.1, 0.15) is 17.7 Å². The van der Waals surface area contributed by atoms with Gasteiger partial charge in [-0.25, -0.2) is 10.8 Å². The number of hydrazine groups is 1. The molecule has 20 heavy (non-hydrogen) atoms. The number of rotatable bonds is 3. The molecule has 1 aromatic heterocycles. The van der Waals surface area contributed by atoms with Gasteiger partial charge in [0.15, 0.2) is 0 Å². The van der Waals surface area contributed by atoms with Crippen molar-refractivity contribution in [2.75, 3.05) is 25.6 Å². The first-order valence-electron chi connectivity index (χ1n) is 7.10. The molecule has 1 saturated heterocycles. The van der Waals surface area contributed by atoms with Gasteiger partial charge in [-0.15, -0.1) is 0 Å². The van der Waals surface area contributed by atoms with Crippen LogP contribution in [-0.4, -0.2) is 41.1 Å². The van der Waals surface area contributed by atoms with E-state index >= 15 is 0 Å². The number of hydrogen-bond acceptors (Lipinski definition) is 6. The molecule has 2 rings (SSSR count). The quantitative estimate of drug-likeness (QED) is 0.645. The van der Waals surface area contributed by atoms with E-state index in [4.69, 9.17) is 10.6 Å². The first-order valence-corrected chi connectivity index (χ1v) is 7.10. The fraction of sp³-hybridized carbons (Fsp3) is 0.714. The Morgan fingerprint density at radius 2 is 1.95 bits per heavy atom. The second-order valence-electron chi connectivity index (χ2n) is 6.43. The van der Waals surface area contributed by atoms with Crippen LogP contribution in [0.2, 0.25) is 0 Å². The summed E-state index contributed by atoms with van der Waals surface area (Å²) in [6.07, 6.45) is 2.27. The third-order valence-electron chi connectivity index (χ3n) is 3.47. The number of anilines is 1. The second kappa shape index (κ2) is 5.93. The van der Waals surface area contributed by atoms with E-state index in [1.165, 1.54) is 0 Å². The number of nitrogens with two attached hydrogens (primary N) is 1. The molecule has 0 bridgehead atoms. The van der Waals surface area contributed by atoms with E-state index < -0.39 is 0 Å². The van der Waals surface area contributed by atoms with Crippen LogP contribution in [-0.2, 0) is 5.41 Å². The molecule has 1 aromatic rings. The van der Waals surface area contributed by atoms with Gasteiger partial charge >= 0.3 is 0 Å². The molecule has 1 fully saturated rings. The second-order valence-corrected chi connectivity index (χ2v) is 6.43. The smallest absolute Gasteiger partial charge is 0.219 e. The molecule has 1 aliphatic heterocycles. The first kappa shape index (κ1) is 15.0. The molecule has 6 heteroatoms. The summed E-state index contributed by atoms with van der Waals surface area (Å²) in [5, 5.41) is 0. The average Bonchev–Trinajstić information content (AvgIpc) is 2.40. The highest BCUT2D eigenvalue weighted by molar-refractivity contribution is 5.38. The Morgan fingerprint density at radius 3 is 2.50 bits per heavy atom. The Morgan fingerprint density at radius 1 is 1.30 bits per heavy atom. The minimum atomic E-state index is -0.141. The maximum atomic E-state index is 6.01. The lowest BCUT2D eigenvalue weighted by atomic mass is 9.96. The van der Waals surface area contributed by atoms with Crippen molar-refractivity contribution in [3.05, 3.63) is 11.9 Å². The summed E-state index contributed by atoms with van der Waals surface area (Å²) in [7, 11) is 2.13. The lowest BCUT2D eigenvalue weighted by Gasteiger charge is -2.29. The Hall–Kier alpha value is -1.40. The van der Waals surface area contributed by atoms with Crippen LogP contribution in [0, 0.1) is 0 Å². The van der Waals surface area contributed by atoms with Crippen LogP contribution >= 0.6 is 0 Å². The fourth-order valence-corrected chi connectivity index (χ4v) is 2.17. The number of likely N-dealkylation sites (tertiary alicyclic amines) is 1. The minimum Gasteiger partial charge on any atom is -0.474 e. The molecule has 0 aromatic carbocycles. The van der Waals surface area contributed by atoms with Crippen LogP contribution in [0.15, 0.2) is 6.07 Å². The largest absolute Gasteiger partial charge is 0.474 e. The van der Waals surface area contributed by atoms with Gasteiger partial charge in [0, 0.05) is 24.6 Å². The zero-order valence-electron chi connectivity index (χ0n) is 12.8. The summed E-state index contributed by atoms with van der Waals surface area (Å²) in [6, 6.07) is 1.76. The molecule has 0 unspecified atom stereocenters. The zero-order valence-corrected chi connectivity index (χ0v) is 12.8. The van der Waals surface area contributed by atoms with Gasteiger partial charge < -0.3 is 15.1 Å². The number of piperidine rings is 1. The summed E-state index contributed by atoms with van der Waals surface area (Å²) in [5.41, 5.74) is 2.44. The van der Waals surface area contributed by atoms with Gasteiger partial charge in [-0.05, 0) is 19.9 Å². The fourth-order valence-electron chi connectivity index (χ4n) is 2.17. The summed E-state index contributed by atoms with van der Waals surface area (Å²) in [6.45, 7) is 8.33. The van der Waals surface area contributed by atoms with Crippen molar-refractivity contribution >= 4 is 5.82 Å². The number of nitrogens with one attached hydrogen (secondary N) is 1. The van der Waals surface area contributed by atoms with Crippen molar-refractivity contribution < 1.29 is 4.74 Å². The predicted molar refractivity (Wildman–Crippen MR) is 79.7 cm³/mol. The third kappa shape index (κ3) is 3.80. The number of nitrogens with zero attached hydrogens (tertiary/aromatic N) is 3. The Labute approximate surface area is 120 Å². The molecule has 1 aliphatic rings. The molecule has 0 atom stereocenters. The van der Waals surface area contributed by atoms with E-state index in [1.807, 2.05) is 0 Å². The predicted octanol–water partition coefficient (Wildman–Crippen LogP) is 1.53. The maximum absolute atomic E-state index is 6.01. The van der Waals surface area contributed by atoms with Crippen LogP contribution in [0.25, 0.3) is 0 Å². The van der Waals surface area contributed by atoms with Crippen LogP contribution in [0.3, 0.4) is 0 Å². The average molecular weight is 279 g/mol. The van der Waals surface area contributed by atoms with E-state index in [1.54, 1.807) is 6.07 Å². The van der Waals surface area contributed by atoms with Crippen molar-refractivity contribution in [3.63, 3.8) is 0 Å². The van der Waals surface area contributed by atoms with E-state index in [9.17, 15) is 0 Å². The number of hydrogen-bond donors (Lipinski definition) is 2. The topological polar surface area (TPSA) is 76.3 Å². The summed E-state index contributed by atoms with van der Waals surface area (Å²) in [4.78, 5) is 11.2. The molecular weight excluding hydrogens is 254 g/mol. The summed E-state index contributed by atoms with van der Waals surface area (Å²) >= 11 is 0. The maximum Gasteiger partial charge on any atom is 0.219 e.